The lowest BCUT2D eigenvalue weighted by atomic mass is 10.4. The molecule has 0 saturated heterocycles. The van der Waals surface area contributed by atoms with Crippen LogP contribution in [0.1, 0.15) is 6.42 Å². The Labute approximate surface area is 88.5 Å². The fourth-order valence-electron chi connectivity index (χ4n) is 1.27. The van der Waals surface area contributed by atoms with Crippen LogP contribution in [0.3, 0.4) is 0 Å². The number of amides is 1. The van der Waals surface area contributed by atoms with Gasteiger partial charge in [0.2, 0.25) is 11.8 Å². The number of aromatic nitrogens is 2. The van der Waals surface area contributed by atoms with Crippen molar-refractivity contribution >= 4 is 22.4 Å². The third-order valence-corrected chi connectivity index (χ3v) is 3.28. The summed E-state index contributed by atoms with van der Waals surface area (Å²) in [6, 6.07) is 0. The number of carbonyl (C=O) groups is 1. The van der Waals surface area contributed by atoms with E-state index in [2.05, 4.69) is 15.3 Å². The van der Waals surface area contributed by atoms with Gasteiger partial charge >= 0.3 is 0 Å². The maximum absolute atomic E-state index is 11.7. The molecule has 80 valence electrons. The molecule has 0 aromatic carbocycles. The Bertz CT molecular complexity index is 435. The number of nitrogens with one attached hydrogen (secondary N) is 1. The third-order valence-electron chi connectivity index (χ3n) is 1.97. The van der Waals surface area contributed by atoms with Crippen molar-refractivity contribution in [1.29, 1.82) is 0 Å². The van der Waals surface area contributed by atoms with Gasteiger partial charge in [0, 0.05) is 12.2 Å². The van der Waals surface area contributed by atoms with Gasteiger partial charge in [-0.05, 0) is 0 Å². The van der Waals surface area contributed by atoms with E-state index in [4.69, 9.17) is 4.74 Å². The van der Waals surface area contributed by atoms with E-state index in [1.165, 1.54) is 13.4 Å². The minimum absolute atomic E-state index is 0.199. The third kappa shape index (κ3) is 1.82. The summed E-state index contributed by atoms with van der Waals surface area (Å²) >= 11 is 0. The van der Waals surface area contributed by atoms with Gasteiger partial charge in [0.25, 0.3) is 0 Å². The number of rotatable bonds is 1. The maximum atomic E-state index is 11.7. The van der Waals surface area contributed by atoms with Crippen molar-refractivity contribution in [2.45, 2.75) is 11.4 Å². The highest BCUT2D eigenvalue weighted by atomic mass is 32.2. The fourth-order valence-corrected chi connectivity index (χ4v) is 2.37. The van der Waals surface area contributed by atoms with Crippen LogP contribution < -0.4 is 10.1 Å². The molecule has 1 unspecified atom stereocenters. The number of methoxy groups -OCH3 is 1. The van der Waals surface area contributed by atoms with Crippen molar-refractivity contribution in [3.63, 3.8) is 0 Å². The van der Waals surface area contributed by atoms with E-state index in [9.17, 15) is 9.00 Å². The quantitative estimate of drug-likeness (QED) is 0.679. The number of ether oxygens (including phenoxy) is 1. The van der Waals surface area contributed by atoms with Gasteiger partial charge in [-0.25, -0.2) is 4.98 Å². The lowest BCUT2D eigenvalue weighted by molar-refractivity contribution is -0.115. The second kappa shape index (κ2) is 3.93. The number of hydrogen-bond acceptors (Lipinski definition) is 5. The molecule has 2 rings (SSSR count). The first kappa shape index (κ1) is 10.0. The van der Waals surface area contributed by atoms with Crippen LogP contribution in [-0.4, -0.2) is 32.9 Å². The molecule has 1 aromatic heterocycles. The molecule has 15 heavy (non-hydrogen) atoms. The minimum atomic E-state index is -1.28. The molecule has 2 heterocycles. The molecule has 1 aliphatic heterocycles. The number of anilines is 1. The van der Waals surface area contributed by atoms with Gasteiger partial charge in [-0.2, -0.15) is 4.98 Å². The van der Waals surface area contributed by atoms with E-state index in [1.807, 2.05) is 0 Å². The summed E-state index contributed by atoms with van der Waals surface area (Å²) in [4.78, 5) is 19.0. The van der Waals surface area contributed by atoms with Crippen LogP contribution >= 0.6 is 0 Å². The first-order chi connectivity index (χ1) is 7.22. The summed E-state index contributed by atoms with van der Waals surface area (Å²) in [6.07, 6.45) is 1.49. The van der Waals surface area contributed by atoms with Gasteiger partial charge in [-0.15, -0.1) is 0 Å². The number of carbonyl (C=O) groups excluding carboxylic acids is 1. The van der Waals surface area contributed by atoms with Gasteiger partial charge in [0.05, 0.1) is 17.9 Å². The maximum Gasteiger partial charge on any atom is 0.241 e. The summed E-state index contributed by atoms with van der Waals surface area (Å²) in [5.74, 6) is 0.317. The standard InChI is InChI=1S/C8H9N3O3S/c1-14-7-6-8(10-4-9-7)15(13)3-2-5(12)11-6/h4H,2-3H2,1H3,(H,11,12). The molecule has 0 spiro atoms. The van der Waals surface area contributed by atoms with Crippen LogP contribution in [0.2, 0.25) is 0 Å². The molecule has 7 heteroatoms. The molecule has 0 bridgehead atoms. The Morgan fingerprint density at radius 3 is 3.07 bits per heavy atom. The fraction of sp³-hybridized carbons (Fsp3) is 0.375. The average Bonchev–Trinajstić information content (AvgIpc) is 2.39. The van der Waals surface area contributed by atoms with Crippen molar-refractivity contribution < 1.29 is 13.7 Å². The second-order valence-electron chi connectivity index (χ2n) is 2.91. The zero-order valence-corrected chi connectivity index (χ0v) is 8.84. The lowest BCUT2D eigenvalue weighted by Crippen LogP contribution is -2.11. The van der Waals surface area contributed by atoms with E-state index in [1.54, 1.807) is 0 Å². The zero-order valence-electron chi connectivity index (χ0n) is 8.02. The Kier molecular flexibility index (Phi) is 2.63. The zero-order chi connectivity index (χ0) is 10.8. The molecular weight excluding hydrogens is 218 g/mol. The SMILES string of the molecule is COc1ncnc2c1NC(=O)CCS2=O. The highest BCUT2D eigenvalue weighted by molar-refractivity contribution is 7.85. The van der Waals surface area contributed by atoms with Crippen molar-refractivity contribution in [1.82, 2.24) is 9.97 Å². The van der Waals surface area contributed by atoms with Crippen LogP contribution in [0.25, 0.3) is 0 Å². The molecular formula is C8H9N3O3S. The van der Waals surface area contributed by atoms with Crippen molar-refractivity contribution in [3.05, 3.63) is 6.33 Å². The Morgan fingerprint density at radius 1 is 1.53 bits per heavy atom. The first-order valence-corrected chi connectivity index (χ1v) is 5.61. The normalized spacial score (nSPS) is 20.1. The summed E-state index contributed by atoms with van der Waals surface area (Å²) in [5.41, 5.74) is 0.320. The monoisotopic (exact) mass is 227 g/mol. The molecule has 6 nitrogen and oxygen atoms in total. The number of hydrogen-bond donors (Lipinski definition) is 1. The first-order valence-electron chi connectivity index (χ1n) is 4.29. The Morgan fingerprint density at radius 2 is 2.33 bits per heavy atom. The van der Waals surface area contributed by atoms with E-state index in [-0.39, 0.29) is 24.0 Å². The van der Waals surface area contributed by atoms with Crippen molar-refractivity contribution in [3.8, 4) is 5.88 Å². The Hall–Kier alpha value is -1.50. The van der Waals surface area contributed by atoms with Crippen molar-refractivity contribution in [2.75, 3.05) is 18.2 Å². The predicted molar refractivity (Wildman–Crippen MR) is 53.1 cm³/mol. The van der Waals surface area contributed by atoms with Crippen LogP contribution in [0.15, 0.2) is 11.4 Å². The van der Waals surface area contributed by atoms with Gasteiger partial charge in [-0.3, -0.25) is 9.00 Å². The summed E-state index contributed by atoms with van der Waals surface area (Å²) < 4.78 is 16.7. The molecule has 1 aliphatic rings. The Balaban J connectivity index is 2.56. The topological polar surface area (TPSA) is 81.2 Å². The molecule has 1 atom stereocenters. The van der Waals surface area contributed by atoms with E-state index in [0.29, 0.717) is 10.7 Å². The highest BCUT2D eigenvalue weighted by Crippen LogP contribution is 2.28. The molecule has 1 amide bonds. The number of nitrogens with zero attached hydrogens (tertiary/aromatic N) is 2. The van der Waals surface area contributed by atoms with E-state index < -0.39 is 10.8 Å². The molecule has 0 fully saturated rings. The predicted octanol–water partition coefficient (Wildman–Crippen LogP) is -0.0650. The van der Waals surface area contributed by atoms with E-state index >= 15 is 0 Å². The molecule has 0 aliphatic carbocycles. The molecule has 1 aromatic rings. The van der Waals surface area contributed by atoms with Crippen LogP contribution in [-0.2, 0) is 15.6 Å². The van der Waals surface area contributed by atoms with Gasteiger partial charge < -0.3 is 10.1 Å². The van der Waals surface area contributed by atoms with Gasteiger partial charge in [0.15, 0.2) is 5.03 Å². The molecule has 0 radical (unpaired) electrons. The molecule has 0 saturated carbocycles. The second-order valence-corrected chi connectivity index (χ2v) is 4.40. The van der Waals surface area contributed by atoms with Gasteiger partial charge in [0.1, 0.15) is 12.0 Å². The van der Waals surface area contributed by atoms with Gasteiger partial charge in [-0.1, -0.05) is 0 Å². The number of fused-ring (bicyclic) bond motifs is 1. The highest BCUT2D eigenvalue weighted by Gasteiger charge is 2.23. The lowest BCUT2D eigenvalue weighted by Gasteiger charge is -2.08. The van der Waals surface area contributed by atoms with Crippen molar-refractivity contribution in [2.24, 2.45) is 0 Å². The summed E-state index contributed by atoms with van der Waals surface area (Å²) in [7, 11) is 0.154. The summed E-state index contributed by atoms with van der Waals surface area (Å²) in [6.45, 7) is 0. The largest absolute Gasteiger partial charge is 0.479 e. The summed E-state index contributed by atoms with van der Waals surface area (Å²) in [5, 5.41) is 2.92. The minimum Gasteiger partial charge on any atom is -0.479 e. The van der Waals surface area contributed by atoms with Crippen LogP contribution in [0.5, 0.6) is 5.88 Å². The van der Waals surface area contributed by atoms with Crippen LogP contribution in [0.4, 0.5) is 5.69 Å². The van der Waals surface area contributed by atoms with E-state index in [0.717, 1.165) is 0 Å². The van der Waals surface area contributed by atoms with Crippen LogP contribution in [0, 0.1) is 0 Å². The molecule has 1 N–H and O–H groups in total. The smallest absolute Gasteiger partial charge is 0.241 e. The average molecular weight is 227 g/mol.